The van der Waals surface area contributed by atoms with Crippen molar-refractivity contribution in [3.63, 3.8) is 0 Å². The summed E-state index contributed by atoms with van der Waals surface area (Å²) in [5.74, 6) is 0.810. The monoisotopic (exact) mass is 218 g/mol. The van der Waals surface area contributed by atoms with E-state index in [1.165, 1.54) is 38.9 Å². The summed E-state index contributed by atoms with van der Waals surface area (Å²) in [6.45, 7) is 3.76. The maximum atomic E-state index is 5.67. The second kappa shape index (κ2) is 6.65. The van der Waals surface area contributed by atoms with E-state index in [9.17, 15) is 0 Å². The maximum Gasteiger partial charge on any atom is 0.0223 e. The highest BCUT2D eigenvalue weighted by Gasteiger charge is 2.20. The Morgan fingerprint density at radius 3 is 2.79 bits per heavy atom. The summed E-state index contributed by atoms with van der Waals surface area (Å²) in [4.78, 5) is 4.94. The third-order valence-corrected chi connectivity index (χ3v) is 3.34. The summed E-state index contributed by atoms with van der Waals surface area (Å²) in [5, 5.41) is 0. The summed E-state index contributed by atoms with van der Waals surface area (Å²) in [6, 6.07) is 0.764. The molecular formula is C11H23ClN2. The van der Waals surface area contributed by atoms with Crippen LogP contribution in [-0.4, -0.2) is 55.5 Å². The fraction of sp³-hybridized carbons (Fsp3) is 1.00. The molecule has 0 aliphatic carbocycles. The van der Waals surface area contributed by atoms with Crippen LogP contribution >= 0.6 is 11.6 Å². The van der Waals surface area contributed by atoms with Crippen LogP contribution < -0.4 is 0 Å². The normalized spacial score (nSPS) is 24.4. The van der Waals surface area contributed by atoms with Gasteiger partial charge in [0.15, 0.2) is 0 Å². The SMILES string of the molecule is CN(C)C1CCCN(CCCCCl)C1. The van der Waals surface area contributed by atoms with Crippen LogP contribution in [-0.2, 0) is 0 Å². The first-order valence-corrected chi connectivity index (χ1v) is 6.22. The number of hydrogen-bond acceptors (Lipinski definition) is 2. The zero-order valence-electron chi connectivity index (χ0n) is 9.51. The lowest BCUT2D eigenvalue weighted by atomic mass is 10.0. The molecule has 0 aromatic carbocycles. The van der Waals surface area contributed by atoms with Crippen LogP contribution in [0.5, 0.6) is 0 Å². The molecule has 1 aliphatic rings. The molecule has 1 unspecified atom stereocenters. The van der Waals surface area contributed by atoms with Crippen molar-refractivity contribution in [1.82, 2.24) is 9.80 Å². The Morgan fingerprint density at radius 1 is 1.36 bits per heavy atom. The minimum Gasteiger partial charge on any atom is -0.305 e. The molecule has 0 spiro atoms. The van der Waals surface area contributed by atoms with Gasteiger partial charge in [0.2, 0.25) is 0 Å². The summed E-state index contributed by atoms with van der Waals surface area (Å²) in [5.41, 5.74) is 0. The molecule has 1 aliphatic heterocycles. The zero-order valence-corrected chi connectivity index (χ0v) is 10.3. The van der Waals surface area contributed by atoms with Crippen molar-refractivity contribution in [1.29, 1.82) is 0 Å². The average Bonchev–Trinajstić information content (AvgIpc) is 2.19. The van der Waals surface area contributed by atoms with Crippen molar-refractivity contribution >= 4 is 11.6 Å². The third kappa shape index (κ3) is 4.16. The molecule has 14 heavy (non-hydrogen) atoms. The zero-order chi connectivity index (χ0) is 10.4. The van der Waals surface area contributed by atoms with Crippen LogP contribution in [0.2, 0.25) is 0 Å². The van der Waals surface area contributed by atoms with E-state index in [1.807, 2.05) is 0 Å². The second-order valence-electron chi connectivity index (χ2n) is 4.46. The lowest BCUT2D eigenvalue weighted by Gasteiger charge is -2.36. The molecule has 3 heteroatoms. The Morgan fingerprint density at radius 2 is 2.14 bits per heavy atom. The highest BCUT2D eigenvalue weighted by Crippen LogP contribution is 2.14. The van der Waals surface area contributed by atoms with Gasteiger partial charge in [0.25, 0.3) is 0 Å². The Hall–Kier alpha value is 0.210. The predicted octanol–water partition coefficient (Wildman–Crippen LogP) is 2.03. The van der Waals surface area contributed by atoms with Crippen molar-refractivity contribution in [3.8, 4) is 0 Å². The first kappa shape index (κ1) is 12.3. The van der Waals surface area contributed by atoms with Gasteiger partial charge in [0.1, 0.15) is 0 Å². The van der Waals surface area contributed by atoms with Crippen LogP contribution in [0.1, 0.15) is 25.7 Å². The van der Waals surface area contributed by atoms with Crippen molar-refractivity contribution in [3.05, 3.63) is 0 Å². The molecule has 1 atom stereocenters. The molecule has 2 nitrogen and oxygen atoms in total. The maximum absolute atomic E-state index is 5.67. The molecule has 0 aromatic rings. The smallest absolute Gasteiger partial charge is 0.0223 e. The van der Waals surface area contributed by atoms with Crippen LogP contribution in [0.25, 0.3) is 0 Å². The van der Waals surface area contributed by atoms with Gasteiger partial charge < -0.3 is 9.80 Å². The first-order valence-electron chi connectivity index (χ1n) is 5.69. The fourth-order valence-corrected chi connectivity index (χ4v) is 2.27. The number of likely N-dealkylation sites (tertiary alicyclic amines) is 1. The first-order chi connectivity index (χ1) is 6.74. The van der Waals surface area contributed by atoms with Gasteiger partial charge in [-0.05, 0) is 52.9 Å². The van der Waals surface area contributed by atoms with Gasteiger partial charge >= 0.3 is 0 Å². The van der Waals surface area contributed by atoms with Crippen LogP contribution in [0.3, 0.4) is 0 Å². The average molecular weight is 219 g/mol. The lowest BCUT2D eigenvalue weighted by Crippen LogP contribution is -2.45. The summed E-state index contributed by atoms with van der Waals surface area (Å²) >= 11 is 5.67. The van der Waals surface area contributed by atoms with Gasteiger partial charge in [-0.15, -0.1) is 11.6 Å². The van der Waals surface area contributed by atoms with E-state index in [2.05, 4.69) is 23.9 Å². The van der Waals surface area contributed by atoms with E-state index in [4.69, 9.17) is 11.6 Å². The Labute approximate surface area is 93.2 Å². The number of piperidine rings is 1. The summed E-state index contributed by atoms with van der Waals surface area (Å²) in [7, 11) is 4.37. The highest BCUT2D eigenvalue weighted by atomic mass is 35.5. The van der Waals surface area contributed by atoms with Gasteiger partial charge in [-0.3, -0.25) is 0 Å². The largest absolute Gasteiger partial charge is 0.305 e. The van der Waals surface area contributed by atoms with E-state index in [0.717, 1.165) is 18.3 Å². The number of halogens is 1. The molecule has 0 N–H and O–H groups in total. The molecule has 0 aromatic heterocycles. The standard InChI is InChI=1S/C11H23ClN2/c1-13(2)11-6-5-9-14(10-11)8-4-3-7-12/h11H,3-10H2,1-2H3. The molecule has 1 rings (SSSR count). The van der Waals surface area contributed by atoms with Gasteiger partial charge in [-0.2, -0.15) is 0 Å². The van der Waals surface area contributed by atoms with Crippen molar-refractivity contribution in [2.24, 2.45) is 0 Å². The van der Waals surface area contributed by atoms with E-state index < -0.39 is 0 Å². The van der Waals surface area contributed by atoms with E-state index in [0.29, 0.717) is 0 Å². The highest BCUT2D eigenvalue weighted by molar-refractivity contribution is 6.17. The van der Waals surface area contributed by atoms with Gasteiger partial charge in [-0.1, -0.05) is 0 Å². The van der Waals surface area contributed by atoms with Gasteiger partial charge in [0.05, 0.1) is 0 Å². The minimum atomic E-state index is 0.764. The van der Waals surface area contributed by atoms with Gasteiger partial charge in [-0.25, -0.2) is 0 Å². The van der Waals surface area contributed by atoms with Crippen LogP contribution in [0.15, 0.2) is 0 Å². The number of nitrogens with zero attached hydrogens (tertiary/aromatic N) is 2. The summed E-state index contributed by atoms with van der Waals surface area (Å²) in [6.07, 6.45) is 5.12. The molecule has 84 valence electrons. The molecular weight excluding hydrogens is 196 g/mol. The molecule has 0 bridgehead atoms. The third-order valence-electron chi connectivity index (χ3n) is 3.07. The second-order valence-corrected chi connectivity index (χ2v) is 4.83. The predicted molar refractivity (Wildman–Crippen MR) is 63.1 cm³/mol. The van der Waals surface area contributed by atoms with Gasteiger partial charge in [0, 0.05) is 18.5 Å². The molecule has 1 heterocycles. The van der Waals surface area contributed by atoms with Crippen molar-refractivity contribution < 1.29 is 0 Å². The fourth-order valence-electron chi connectivity index (χ4n) is 2.09. The summed E-state index contributed by atoms with van der Waals surface area (Å²) < 4.78 is 0. The Balaban J connectivity index is 2.19. The Bertz CT molecular complexity index is 150. The molecule has 1 fully saturated rings. The lowest BCUT2D eigenvalue weighted by molar-refractivity contribution is 0.132. The number of likely N-dealkylation sites (N-methyl/N-ethyl adjacent to an activating group) is 1. The van der Waals surface area contributed by atoms with E-state index >= 15 is 0 Å². The van der Waals surface area contributed by atoms with Crippen LogP contribution in [0, 0.1) is 0 Å². The van der Waals surface area contributed by atoms with Crippen molar-refractivity contribution in [2.75, 3.05) is 39.6 Å². The van der Waals surface area contributed by atoms with E-state index in [-0.39, 0.29) is 0 Å². The molecule has 0 amide bonds. The number of rotatable bonds is 5. The van der Waals surface area contributed by atoms with Crippen LogP contribution in [0.4, 0.5) is 0 Å². The topological polar surface area (TPSA) is 6.48 Å². The number of alkyl halides is 1. The quantitative estimate of drug-likeness (QED) is 0.515. The van der Waals surface area contributed by atoms with Crippen molar-refractivity contribution in [2.45, 2.75) is 31.7 Å². The van der Waals surface area contributed by atoms with E-state index in [1.54, 1.807) is 0 Å². The number of hydrogen-bond donors (Lipinski definition) is 0. The Kier molecular flexibility index (Phi) is 5.83. The molecule has 0 radical (unpaired) electrons. The number of unbranched alkanes of at least 4 members (excludes halogenated alkanes) is 1. The molecule has 1 saturated heterocycles. The minimum absolute atomic E-state index is 0.764. The molecule has 0 saturated carbocycles.